The standard InChI is InChI=1S/C18H15Br2N3O3/c19-7-5-18-2-3-21-11-9(18)12-8-6(17(20)22-10(8)15(11)25)1-4-23(12)13(14(7)24)16(18)26/h2-3,5,12-14,16,21-22,24,26H,1,4H2. The maximum Gasteiger partial charge on any atom is 0.225 e. The number of halogens is 2. The van der Waals surface area contributed by atoms with Gasteiger partial charge in [0.15, 0.2) is 0 Å². The summed E-state index contributed by atoms with van der Waals surface area (Å²) in [5.41, 5.74) is 3.34. The van der Waals surface area contributed by atoms with E-state index in [9.17, 15) is 15.0 Å². The molecule has 5 atom stereocenters. The molecule has 1 spiro atoms. The van der Waals surface area contributed by atoms with Crippen molar-refractivity contribution in [2.45, 2.75) is 30.7 Å². The number of aliphatic hydroxyl groups excluding tert-OH is 2. The second-order valence-corrected chi connectivity index (χ2v) is 9.24. The van der Waals surface area contributed by atoms with E-state index in [4.69, 9.17) is 0 Å². The maximum absolute atomic E-state index is 13.2. The summed E-state index contributed by atoms with van der Waals surface area (Å²) in [5, 5.41) is 25.2. The van der Waals surface area contributed by atoms with E-state index in [1.54, 1.807) is 6.20 Å². The Labute approximate surface area is 165 Å². The quantitative estimate of drug-likeness (QED) is 0.453. The fraction of sp³-hybridized carbons (Fsp3) is 0.389. The number of hydrogen-bond acceptors (Lipinski definition) is 5. The highest BCUT2D eigenvalue weighted by Crippen LogP contribution is 2.61. The number of allylic oxidation sites excluding steroid dienone is 1. The van der Waals surface area contributed by atoms with Gasteiger partial charge >= 0.3 is 0 Å². The SMILES string of the molecule is O=C1C2=C3C4c5c1[nH]c(Br)c5CCN4C1C(O)C(Br)=CC3(C=CN2)C1O. The molecule has 5 unspecified atom stereocenters. The highest BCUT2D eigenvalue weighted by molar-refractivity contribution is 9.11. The number of aromatic amines is 1. The lowest BCUT2D eigenvalue weighted by atomic mass is 9.58. The van der Waals surface area contributed by atoms with Crippen LogP contribution in [0.3, 0.4) is 0 Å². The summed E-state index contributed by atoms with van der Waals surface area (Å²) in [6.07, 6.45) is 4.66. The number of rotatable bonds is 0. The number of Topliss-reactive ketones (excluding diaryl/α,β-unsaturated/α-hetero) is 1. The Morgan fingerprint density at radius 3 is 2.92 bits per heavy atom. The first-order chi connectivity index (χ1) is 12.5. The normalized spacial score (nSPS) is 39.5. The van der Waals surface area contributed by atoms with Gasteiger partial charge < -0.3 is 20.5 Å². The molecule has 1 aromatic heterocycles. The average Bonchev–Trinajstić information content (AvgIpc) is 2.96. The summed E-state index contributed by atoms with van der Waals surface area (Å²) in [5.74, 6) is -0.0786. The predicted octanol–water partition coefficient (Wildman–Crippen LogP) is 1.63. The number of dihydropyridines is 1. The van der Waals surface area contributed by atoms with E-state index >= 15 is 0 Å². The van der Waals surface area contributed by atoms with Crippen LogP contribution in [-0.2, 0) is 6.42 Å². The molecule has 2 bridgehead atoms. The first-order valence-electron chi connectivity index (χ1n) is 8.59. The summed E-state index contributed by atoms with van der Waals surface area (Å²) in [6, 6.07) is -0.573. The first-order valence-corrected chi connectivity index (χ1v) is 10.2. The lowest BCUT2D eigenvalue weighted by Gasteiger charge is -2.60. The minimum Gasteiger partial charge on any atom is -0.390 e. The second kappa shape index (κ2) is 4.80. The Morgan fingerprint density at radius 2 is 2.12 bits per heavy atom. The molecule has 5 aliphatic rings. The van der Waals surface area contributed by atoms with Crippen LogP contribution in [0, 0.1) is 5.41 Å². The van der Waals surface area contributed by atoms with Crippen LogP contribution in [-0.4, -0.2) is 50.7 Å². The molecule has 4 heterocycles. The van der Waals surface area contributed by atoms with Crippen molar-refractivity contribution in [3.63, 3.8) is 0 Å². The fourth-order valence-corrected chi connectivity index (χ4v) is 6.77. The van der Waals surface area contributed by atoms with Crippen LogP contribution in [0.25, 0.3) is 0 Å². The number of fused-ring (bicyclic) bond motifs is 2. The van der Waals surface area contributed by atoms with Crippen molar-refractivity contribution in [1.82, 2.24) is 15.2 Å². The van der Waals surface area contributed by atoms with Crippen LogP contribution in [0.4, 0.5) is 0 Å². The Kier molecular flexibility index (Phi) is 2.92. The molecule has 1 saturated heterocycles. The number of H-pyrrole nitrogens is 1. The van der Waals surface area contributed by atoms with E-state index in [0.29, 0.717) is 22.4 Å². The molecular weight excluding hydrogens is 466 g/mol. The predicted molar refractivity (Wildman–Crippen MR) is 101 cm³/mol. The van der Waals surface area contributed by atoms with Crippen molar-refractivity contribution in [1.29, 1.82) is 0 Å². The molecule has 0 radical (unpaired) electrons. The van der Waals surface area contributed by atoms with Crippen molar-refractivity contribution >= 4 is 37.6 Å². The Bertz CT molecular complexity index is 994. The number of carbonyl (C=O) groups excluding carboxylic acids is 1. The maximum atomic E-state index is 13.2. The van der Waals surface area contributed by atoms with E-state index in [1.807, 2.05) is 12.2 Å². The van der Waals surface area contributed by atoms with Crippen molar-refractivity contribution in [3.05, 3.63) is 55.5 Å². The number of piperidine rings is 1. The van der Waals surface area contributed by atoms with Gasteiger partial charge in [-0.05, 0) is 39.7 Å². The molecule has 26 heavy (non-hydrogen) atoms. The molecule has 0 saturated carbocycles. The topological polar surface area (TPSA) is 88.6 Å². The number of aliphatic hydroxyl groups is 2. The van der Waals surface area contributed by atoms with Crippen LogP contribution in [0.2, 0.25) is 0 Å². The van der Waals surface area contributed by atoms with Crippen molar-refractivity contribution in [2.75, 3.05) is 6.54 Å². The lowest BCUT2D eigenvalue weighted by Crippen LogP contribution is -2.68. The zero-order valence-corrected chi connectivity index (χ0v) is 16.6. The first kappa shape index (κ1) is 15.8. The van der Waals surface area contributed by atoms with E-state index in [1.165, 1.54) is 0 Å². The molecule has 8 heteroatoms. The summed E-state index contributed by atoms with van der Waals surface area (Å²) < 4.78 is 1.51. The van der Waals surface area contributed by atoms with Gasteiger partial charge in [-0.3, -0.25) is 9.69 Å². The van der Waals surface area contributed by atoms with Crippen molar-refractivity contribution < 1.29 is 15.0 Å². The minimum absolute atomic E-state index is 0.0786. The van der Waals surface area contributed by atoms with Gasteiger partial charge in [0.25, 0.3) is 0 Å². The Morgan fingerprint density at radius 1 is 1.31 bits per heavy atom. The molecule has 2 aliphatic carbocycles. The largest absolute Gasteiger partial charge is 0.390 e. The van der Waals surface area contributed by atoms with E-state index in [-0.39, 0.29) is 11.8 Å². The third kappa shape index (κ3) is 1.54. The molecule has 4 N–H and O–H groups in total. The Balaban J connectivity index is 1.74. The van der Waals surface area contributed by atoms with Crippen LogP contribution in [0.1, 0.15) is 27.7 Å². The van der Waals surface area contributed by atoms with Gasteiger partial charge in [0.1, 0.15) is 6.10 Å². The number of nitrogens with zero attached hydrogens (tertiary/aromatic N) is 1. The van der Waals surface area contributed by atoms with Gasteiger partial charge in [-0.2, -0.15) is 0 Å². The molecule has 6 nitrogen and oxygen atoms in total. The van der Waals surface area contributed by atoms with E-state index in [2.05, 4.69) is 47.1 Å². The molecule has 0 amide bonds. The summed E-state index contributed by atoms with van der Waals surface area (Å²) in [7, 11) is 0. The zero-order valence-electron chi connectivity index (χ0n) is 13.5. The van der Waals surface area contributed by atoms with Crippen LogP contribution < -0.4 is 5.32 Å². The molecule has 6 rings (SSSR count). The molecule has 1 aromatic rings. The molecule has 134 valence electrons. The zero-order chi connectivity index (χ0) is 18.0. The van der Waals surface area contributed by atoms with Gasteiger partial charge in [0.05, 0.1) is 39.6 Å². The third-order valence-corrected chi connectivity index (χ3v) is 7.92. The van der Waals surface area contributed by atoms with Crippen molar-refractivity contribution in [2.24, 2.45) is 5.41 Å². The highest BCUT2D eigenvalue weighted by atomic mass is 79.9. The Hall–Kier alpha value is -1.19. The number of nitrogens with one attached hydrogen (secondary N) is 2. The smallest absolute Gasteiger partial charge is 0.225 e. The van der Waals surface area contributed by atoms with Crippen molar-refractivity contribution in [3.8, 4) is 0 Å². The monoisotopic (exact) mass is 479 g/mol. The van der Waals surface area contributed by atoms with Gasteiger partial charge in [0.2, 0.25) is 5.78 Å². The lowest BCUT2D eigenvalue weighted by molar-refractivity contribution is -0.0923. The summed E-state index contributed by atoms with van der Waals surface area (Å²) >= 11 is 7.07. The second-order valence-electron chi connectivity index (χ2n) is 7.53. The summed E-state index contributed by atoms with van der Waals surface area (Å²) in [6.45, 7) is 0.706. The molecule has 1 fully saturated rings. The van der Waals surface area contributed by atoms with Crippen LogP contribution in [0.5, 0.6) is 0 Å². The van der Waals surface area contributed by atoms with E-state index < -0.39 is 23.7 Å². The van der Waals surface area contributed by atoms with Gasteiger partial charge in [-0.25, -0.2) is 0 Å². The summed E-state index contributed by atoms with van der Waals surface area (Å²) in [4.78, 5) is 18.6. The number of carbonyl (C=O) groups is 1. The number of hydrogen-bond donors (Lipinski definition) is 4. The molecule has 0 aromatic carbocycles. The number of ketones is 1. The minimum atomic E-state index is -0.823. The van der Waals surface area contributed by atoms with Crippen LogP contribution >= 0.6 is 31.9 Å². The molecule has 3 aliphatic heterocycles. The highest BCUT2D eigenvalue weighted by Gasteiger charge is 2.63. The van der Waals surface area contributed by atoms with Gasteiger partial charge in [-0.1, -0.05) is 28.1 Å². The fourth-order valence-electron chi connectivity index (χ4n) is 5.51. The molecular formula is C18H15Br2N3O3. The van der Waals surface area contributed by atoms with Gasteiger partial charge in [0, 0.05) is 16.6 Å². The third-order valence-electron chi connectivity index (χ3n) is 6.55. The van der Waals surface area contributed by atoms with Crippen LogP contribution in [0.15, 0.2) is 38.7 Å². The average molecular weight is 481 g/mol. The number of aromatic nitrogens is 1. The van der Waals surface area contributed by atoms with E-state index in [0.717, 1.165) is 27.7 Å². The van der Waals surface area contributed by atoms with Gasteiger partial charge in [-0.15, -0.1) is 0 Å².